The molecule has 1 aromatic heterocycles. The van der Waals surface area contributed by atoms with E-state index >= 15 is 0 Å². The highest BCUT2D eigenvalue weighted by molar-refractivity contribution is 6.31. The third-order valence-electron chi connectivity index (χ3n) is 3.11. The first-order valence-corrected chi connectivity index (χ1v) is 6.36. The summed E-state index contributed by atoms with van der Waals surface area (Å²) in [6.07, 6.45) is 1.76. The highest BCUT2D eigenvalue weighted by Gasteiger charge is 2.11. The average molecular weight is 288 g/mol. The zero-order valence-electron chi connectivity index (χ0n) is 10.4. The number of hydrogen-bond donors (Lipinski definition) is 0. The van der Waals surface area contributed by atoms with Crippen LogP contribution in [0.3, 0.4) is 0 Å². The van der Waals surface area contributed by atoms with Gasteiger partial charge in [0.1, 0.15) is 0 Å². The molecule has 0 aliphatic heterocycles. The van der Waals surface area contributed by atoms with E-state index in [4.69, 9.17) is 11.6 Å². The number of benzene rings is 2. The molecule has 0 radical (unpaired) electrons. The molecular formula is C14H10ClN3O2. The van der Waals surface area contributed by atoms with Crippen LogP contribution in [0.2, 0.25) is 5.02 Å². The second-order valence-corrected chi connectivity index (χ2v) is 4.80. The van der Waals surface area contributed by atoms with Gasteiger partial charge in [-0.25, -0.2) is 0 Å². The summed E-state index contributed by atoms with van der Waals surface area (Å²) < 4.78 is 1.78. The van der Waals surface area contributed by atoms with E-state index in [2.05, 4.69) is 5.10 Å². The number of halogens is 1. The van der Waals surface area contributed by atoms with Crippen LogP contribution in [0, 0.1) is 10.1 Å². The highest BCUT2D eigenvalue weighted by atomic mass is 35.5. The third kappa shape index (κ3) is 2.23. The Morgan fingerprint density at radius 2 is 2.05 bits per heavy atom. The fraction of sp³-hybridized carbons (Fsp3) is 0.0714. The molecule has 0 aliphatic rings. The van der Waals surface area contributed by atoms with Crippen molar-refractivity contribution in [3.63, 3.8) is 0 Å². The molecule has 5 nitrogen and oxygen atoms in total. The maximum absolute atomic E-state index is 10.8. The monoisotopic (exact) mass is 287 g/mol. The van der Waals surface area contributed by atoms with E-state index in [1.807, 2.05) is 24.3 Å². The molecule has 6 heteroatoms. The van der Waals surface area contributed by atoms with Gasteiger partial charge in [-0.1, -0.05) is 29.8 Å². The Hall–Kier alpha value is -2.40. The van der Waals surface area contributed by atoms with Crippen molar-refractivity contribution < 1.29 is 4.92 Å². The SMILES string of the molecule is O=[N+]([O-])c1ccc(Cl)c(Cn2ncc3ccccc32)c1. The first-order chi connectivity index (χ1) is 9.65. The molecule has 100 valence electrons. The van der Waals surface area contributed by atoms with Gasteiger partial charge in [-0.3, -0.25) is 14.8 Å². The van der Waals surface area contributed by atoms with Crippen molar-refractivity contribution in [2.24, 2.45) is 0 Å². The quantitative estimate of drug-likeness (QED) is 0.546. The normalized spacial score (nSPS) is 10.8. The van der Waals surface area contributed by atoms with Crippen LogP contribution in [0.5, 0.6) is 0 Å². The molecule has 0 saturated heterocycles. The van der Waals surface area contributed by atoms with Gasteiger partial charge in [0.15, 0.2) is 0 Å². The summed E-state index contributed by atoms with van der Waals surface area (Å²) in [4.78, 5) is 10.4. The lowest BCUT2D eigenvalue weighted by atomic mass is 10.2. The van der Waals surface area contributed by atoms with Gasteiger partial charge in [0, 0.05) is 22.5 Å². The van der Waals surface area contributed by atoms with Crippen molar-refractivity contribution in [1.29, 1.82) is 0 Å². The number of hydrogen-bond acceptors (Lipinski definition) is 3. The predicted molar refractivity (Wildman–Crippen MR) is 76.9 cm³/mol. The van der Waals surface area contributed by atoms with Gasteiger partial charge in [0.25, 0.3) is 5.69 Å². The summed E-state index contributed by atoms with van der Waals surface area (Å²) in [6.45, 7) is 0.397. The Bertz CT molecular complexity index is 798. The number of nitro groups is 1. The number of fused-ring (bicyclic) bond motifs is 1. The van der Waals surface area contributed by atoms with Crippen LogP contribution in [-0.2, 0) is 6.54 Å². The molecule has 3 rings (SSSR count). The molecule has 0 spiro atoms. The molecule has 0 bridgehead atoms. The molecule has 1 heterocycles. The lowest BCUT2D eigenvalue weighted by Crippen LogP contribution is -2.02. The Morgan fingerprint density at radius 3 is 2.85 bits per heavy atom. The van der Waals surface area contributed by atoms with E-state index in [-0.39, 0.29) is 5.69 Å². The maximum atomic E-state index is 10.8. The van der Waals surface area contributed by atoms with Crippen LogP contribution < -0.4 is 0 Å². The van der Waals surface area contributed by atoms with E-state index in [9.17, 15) is 10.1 Å². The summed E-state index contributed by atoms with van der Waals surface area (Å²) in [7, 11) is 0. The van der Waals surface area contributed by atoms with Crippen molar-refractivity contribution in [1.82, 2.24) is 9.78 Å². The van der Waals surface area contributed by atoms with Gasteiger partial charge < -0.3 is 0 Å². The minimum Gasteiger partial charge on any atom is -0.260 e. The van der Waals surface area contributed by atoms with Gasteiger partial charge in [-0.05, 0) is 17.7 Å². The number of aromatic nitrogens is 2. The molecule has 0 atom stereocenters. The van der Waals surface area contributed by atoms with Crippen LogP contribution >= 0.6 is 11.6 Å². The van der Waals surface area contributed by atoms with E-state index in [0.29, 0.717) is 17.1 Å². The van der Waals surface area contributed by atoms with Crippen LogP contribution in [0.1, 0.15) is 5.56 Å². The molecule has 0 aliphatic carbocycles. The lowest BCUT2D eigenvalue weighted by molar-refractivity contribution is -0.384. The van der Waals surface area contributed by atoms with Crippen molar-refractivity contribution in [3.8, 4) is 0 Å². The largest absolute Gasteiger partial charge is 0.269 e. The first-order valence-electron chi connectivity index (χ1n) is 5.98. The summed E-state index contributed by atoms with van der Waals surface area (Å²) >= 11 is 6.11. The zero-order chi connectivity index (χ0) is 14.1. The number of rotatable bonds is 3. The van der Waals surface area contributed by atoms with E-state index < -0.39 is 4.92 Å². The molecule has 2 aromatic carbocycles. The van der Waals surface area contributed by atoms with Crippen molar-refractivity contribution in [2.45, 2.75) is 6.54 Å². The summed E-state index contributed by atoms with van der Waals surface area (Å²) in [6, 6.07) is 12.2. The molecule has 0 amide bonds. The topological polar surface area (TPSA) is 61.0 Å². The van der Waals surface area contributed by atoms with E-state index in [1.54, 1.807) is 16.9 Å². The Labute approximate surface area is 119 Å². The van der Waals surface area contributed by atoms with Crippen LogP contribution in [0.25, 0.3) is 10.9 Å². The molecule has 0 fully saturated rings. The second-order valence-electron chi connectivity index (χ2n) is 4.39. The standard InChI is InChI=1S/C14H10ClN3O2/c15-13-6-5-12(18(19)20)7-11(13)9-17-14-4-2-1-3-10(14)8-16-17/h1-8H,9H2. The maximum Gasteiger partial charge on any atom is 0.269 e. The Balaban J connectivity index is 2.02. The number of nitro benzene ring substituents is 1. The van der Waals surface area contributed by atoms with Crippen molar-refractivity contribution in [2.75, 3.05) is 0 Å². The Kier molecular flexibility index (Phi) is 3.12. The number of non-ortho nitro benzene ring substituents is 1. The minimum absolute atomic E-state index is 0.0286. The fourth-order valence-electron chi connectivity index (χ4n) is 2.11. The van der Waals surface area contributed by atoms with Gasteiger partial charge in [0.2, 0.25) is 0 Å². The molecule has 0 unspecified atom stereocenters. The predicted octanol–water partition coefficient (Wildman–Crippen LogP) is 3.65. The average Bonchev–Trinajstić information content (AvgIpc) is 2.84. The molecule has 20 heavy (non-hydrogen) atoms. The summed E-state index contributed by atoms with van der Waals surface area (Å²) in [5.74, 6) is 0. The summed E-state index contributed by atoms with van der Waals surface area (Å²) in [5, 5.41) is 16.6. The second kappa shape index (κ2) is 4.94. The zero-order valence-corrected chi connectivity index (χ0v) is 11.1. The number of nitrogens with zero attached hydrogens (tertiary/aromatic N) is 3. The highest BCUT2D eigenvalue weighted by Crippen LogP contribution is 2.24. The molecule has 3 aromatic rings. The van der Waals surface area contributed by atoms with E-state index in [0.717, 1.165) is 10.9 Å². The third-order valence-corrected chi connectivity index (χ3v) is 3.48. The Morgan fingerprint density at radius 1 is 1.25 bits per heavy atom. The van der Waals surface area contributed by atoms with Gasteiger partial charge in [-0.2, -0.15) is 5.10 Å². The van der Waals surface area contributed by atoms with Crippen molar-refractivity contribution in [3.05, 3.63) is 69.4 Å². The van der Waals surface area contributed by atoms with Crippen molar-refractivity contribution >= 4 is 28.2 Å². The molecular weight excluding hydrogens is 278 g/mol. The lowest BCUT2D eigenvalue weighted by Gasteiger charge is -2.06. The van der Waals surface area contributed by atoms with Gasteiger partial charge in [-0.15, -0.1) is 0 Å². The van der Waals surface area contributed by atoms with Gasteiger partial charge >= 0.3 is 0 Å². The molecule has 0 saturated carbocycles. The van der Waals surface area contributed by atoms with Crippen LogP contribution in [-0.4, -0.2) is 14.7 Å². The minimum atomic E-state index is -0.430. The first kappa shape index (κ1) is 12.6. The summed E-state index contributed by atoms with van der Waals surface area (Å²) in [5.41, 5.74) is 1.67. The molecule has 0 N–H and O–H groups in total. The smallest absolute Gasteiger partial charge is 0.260 e. The fourth-order valence-corrected chi connectivity index (χ4v) is 2.29. The van der Waals surface area contributed by atoms with Crippen LogP contribution in [0.15, 0.2) is 48.7 Å². The van der Waals surface area contributed by atoms with E-state index in [1.165, 1.54) is 12.1 Å². The number of para-hydroxylation sites is 1. The van der Waals surface area contributed by atoms with Gasteiger partial charge in [0.05, 0.1) is 23.2 Å². The van der Waals surface area contributed by atoms with Crippen LogP contribution in [0.4, 0.5) is 5.69 Å².